The van der Waals surface area contributed by atoms with Gasteiger partial charge in [0.25, 0.3) is 0 Å². The fraction of sp³-hybridized carbons (Fsp3) is 0.750. The Morgan fingerprint density at radius 2 is 1.95 bits per heavy atom. The van der Waals surface area contributed by atoms with E-state index in [1.165, 1.54) is 6.92 Å². The van der Waals surface area contributed by atoms with Crippen LogP contribution in [0.2, 0.25) is 0 Å². The minimum absolute atomic E-state index is 0.0129. The highest BCUT2D eigenvalue weighted by Crippen LogP contribution is 2.10. The van der Waals surface area contributed by atoms with Crippen molar-refractivity contribution < 1.29 is 19.5 Å². The number of aliphatic carboxylic acids is 1. The van der Waals surface area contributed by atoms with Crippen LogP contribution in [-0.4, -0.2) is 53.0 Å². The molecule has 19 heavy (non-hydrogen) atoms. The minimum atomic E-state index is -0.960. The summed E-state index contributed by atoms with van der Waals surface area (Å²) in [7, 11) is 0. The lowest BCUT2D eigenvalue weighted by atomic mass is 10.0. The molecule has 0 saturated carbocycles. The van der Waals surface area contributed by atoms with Crippen molar-refractivity contribution in [2.75, 3.05) is 13.1 Å². The average molecular weight is 271 g/mol. The lowest BCUT2D eigenvalue weighted by Crippen LogP contribution is -2.50. The van der Waals surface area contributed by atoms with Crippen LogP contribution in [0.15, 0.2) is 0 Å². The Balaban J connectivity index is 2.30. The molecule has 0 aromatic carbocycles. The number of hydrogen-bond donors (Lipinski definition) is 3. The highest BCUT2D eigenvalue weighted by atomic mass is 16.4. The third-order valence-corrected chi connectivity index (χ3v) is 3.29. The number of carboxylic acid groups (broad SMARTS) is 1. The summed E-state index contributed by atoms with van der Waals surface area (Å²) in [6.07, 6.45) is 1.43. The predicted octanol–water partition coefficient (Wildman–Crippen LogP) is -0.694. The van der Waals surface area contributed by atoms with Crippen molar-refractivity contribution in [3.8, 4) is 0 Å². The van der Waals surface area contributed by atoms with Crippen LogP contribution in [0.1, 0.15) is 32.6 Å². The van der Waals surface area contributed by atoms with E-state index >= 15 is 0 Å². The number of rotatable bonds is 5. The summed E-state index contributed by atoms with van der Waals surface area (Å²) in [5.74, 6) is -1.23. The van der Waals surface area contributed by atoms with Crippen LogP contribution in [0.5, 0.6) is 0 Å². The largest absolute Gasteiger partial charge is 0.481 e. The maximum atomic E-state index is 11.7. The number of piperidine rings is 1. The summed E-state index contributed by atoms with van der Waals surface area (Å²) < 4.78 is 0. The summed E-state index contributed by atoms with van der Waals surface area (Å²) >= 11 is 0. The second-order valence-electron chi connectivity index (χ2n) is 4.83. The fourth-order valence-electron chi connectivity index (χ4n) is 2.06. The minimum Gasteiger partial charge on any atom is -0.481 e. The van der Waals surface area contributed by atoms with Gasteiger partial charge >= 0.3 is 5.97 Å². The normalized spacial score (nSPS) is 17.9. The lowest BCUT2D eigenvalue weighted by Gasteiger charge is -2.32. The van der Waals surface area contributed by atoms with E-state index in [1.54, 1.807) is 4.90 Å². The molecule has 0 bridgehead atoms. The lowest BCUT2D eigenvalue weighted by molar-refractivity contribution is -0.137. The molecule has 2 amide bonds. The van der Waals surface area contributed by atoms with E-state index in [0.29, 0.717) is 25.9 Å². The molecule has 1 atom stereocenters. The zero-order valence-corrected chi connectivity index (χ0v) is 11.1. The van der Waals surface area contributed by atoms with E-state index in [4.69, 9.17) is 10.8 Å². The molecule has 108 valence electrons. The van der Waals surface area contributed by atoms with Crippen LogP contribution >= 0.6 is 0 Å². The molecule has 1 saturated heterocycles. The molecular formula is C12H21N3O4. The Kier molecular flexibility index (Phi) is 5.75. The Hall–Kier alpha value is -1.63. The second-order valence-corrected chi connectivity index (χ2v) is 4.83. The van der Waals surface area contributed by atoms with Gasteiger partial charge in [-0.15, -0.1) is 0 Å². The van der Waals surface area contributed by atoms with E-state index in [0.717, 1.165) is 0 Å². The summed E-state index contributed by atoms with van der Waals surface area (Å²) in [5.41, 5.74) is 5.62. The van der Waals surface area contributed by atoms with Crippen molar-refractivity contribution in [2.24, 2.45) is 5.73 Å². The van der Waals surface area contributed by atoms with Gasteiger partial charge < -0.3 is 21.1 Å². The van der Waals surface area contributed by atoms with E-state index < -0.39 is 12.0 Å². The topological polar surface area (TPSA) is 113 Å². The first-order valence-electron chi connectivity index (χ1n) is 6.43. The Labute approximate surface area is 112 Å². The quantitative estimate of drug-likeness (QED) is 0.612. The predicted molar refractivity (Wildman–Crippen MR) is 68.3 cm³/mol. The number of carboxylic acids is 1. The molecule has 0 aromatic heterocycles. The molecule has 1 heterocycles. The van der Waals surface area contributed by atoms with Gasteiger partial charge in [-0.1, -0.05) is 0 Å². The SMILES string of the molecule is CC(=O)N1CCC(NC(=O)C(N)CCC(=O)O)CC1. The number of carbonyl (C=O) groups is 3. The van der Waals surface area contributed by atoms with Crippen LogP contribution in [0.4, 0.5) is 0 Å². The molecule has 1 fully saturated rings. The van der Waals surface area contributed by atoms with E-state index in [2.05, 4.69) is 5.32 Å². The third-order valence-electron chi connectivity index (χ3n) is 3.29. The number of likely N-dealkylation sites (tertiary alicyclic amines) is 1. The van der Waals surface area contributed by atoms with Gasteiger partial charge in [-0.25, -0.2) is 0 Å². The summed E-state index contributed by atoms with van der Waals surface area (Å²) in [6.45, 7) is 2.79. The number of amides is 2. The summed E-state index contributed by atoms with van der Waals surface area (Å²) in [5, 5.41) is 11.3. The second kappa shape index (κ2) is 7.08. The number of nitrogens with two attached hydrogens (primary N) is 1. The highest BCUT2D eigenvalue weighted by molar-refractivity contribution is 5.82. The molecular weight excluding hydrogens is 250 g/mol. The third kappa shape index (κ3) is 5.25. The number of nitrogens with one attached hydrogen (secondary N) is 1. The van der Waals surface area contributed by atoms with Gasteiger partial charge in [-0.05, 0) is 19.3 Å². The molecule has 7 nitrogen and oxygen atoms in total. The first-order valence-corrected chi connectivity index (χ1v) is 6.43. The van der Waals surface area contributed by atoms with Crippen LogP contribution in [0.25, 0.3) is 0 Å². The molecule has 0 radical (unpaired) electrons. The van der Waals surface area contributed by atoms with Gasteiger partial charge in [0.1, 0.15) is 0 Å². The number of hydrogen-bond acceptors (Lipinski definition) is 4. The van der Waals surface area contributed by atoms with Crippen molar-refractivity contribution >= 4 is 17.8 Å². The Morgan fingerprint density at radius 3 is 2.42 bits per heavy atom. The number of nitrogens with zero attached hydrogens (tertiary/aromatic N) is 1. The zero-order valence-electron chi connectivity index (χ0n) is 11.1. The smallest absolute Gasteiger partial charge is 0.303 e. The maximum Gasteiger partial charge on any atom is 0.303 e. The van der Waals surface area contributed by atoms with Crippen molar-refractivity contribution in [3.05, 3.63) is 0 Å². The molecule has 7 heteroatoms. The standard InChI is InChI=1S/C12H21N3O4/c1-8(16)15-6-4-9(5-7-15)14-12(19)10(13)2-3-11(17)18/h9-10H,2-7,13H2,1H3,(H,14,19)(H,17,18). The maximum absolute atomic E-state index is 11.7. The van der Waals surface area contributed by atoms with Crippen molar-refractivity contribution in [2.45, 2.75) is 44.7 Å². The molecule has 1 aliphatic rings. The van der Waals surface area contributed by atoms with Crippen molar-refractivity contribution in [1.82, 2.24) is 10.2 Å². The first-order chi connectivity index (χ1) is 8.90. The van der Waals surface area contributed by atoms with Crippen molar-refractivity contribution in [1.29, 1.82) is 0 Å². The monoisotopic (exact) mass is 271 g/mol. The Morgan fingerprint density at radius 1 is 1.37 bits per heavy atom. The van der Waals surface area contributed by atoms with E-state index in [-0.39, 0.29) is 30.7 Å². The van der Waals surface area contributed by atoms with Crippen LogP contribution < -0.4 is 11.1 Å². The van der Waals surface area contributed by atoms with Gasteiger partial charge in [0.15, 0.2) is 0 Å². The van der Waals surface area contributed by atoms with Crippen LogP contribution in [0, 0.1) is 0 Å². The van der Waals surface area contributed by atoms with Crippen LogP contribution in [-0.2, 0) is 14.4 Å². The molecule has 1 rings (SSSR count). The van der Waals surface area contributed by atoms with Crippen LogP contribution in [0.3, 0.4) is 0 Å². The zero-order chi connectivity index (χ0) is 14.4. The van der Waals surface area contributed by atoms with Gasteiger partial charge in [-0.3, -0.25) is 14.4 Å². The van der Waals surface area contributed by atoms with Gasteiger partial charge in [0, 0.05) is 32.5 Å². The van der Waals surface area contributed by atoms with E-state index in [9.17, 15) is 14.4 Å². The summed E-state index contributed by atoms with van der Waals surface area (Å²) in [6, 6.07) is -0.777. The highest BCUT2D eigenvalue weighted by Gasteiger charge is 2.24. The molecule has 1 aliphatic heterocycles. The van der Waals surface area contributed by atoms with Gasteiger partial charge in [0.05, 0.1) is 6.04 Å². The first kappa shape index (κ1) is 15.4. The molecule has 1 unspecified atom stereocenters. The average Bonchev–Trinajstić information content (AvgIpc) is 2.36. The summed E-state index contributed by atoms with van der Waals surface area (Å²) in [4.78, 5) is 35.0. The molecule has 0 aromatic rings. The Bertz CT molecular complexity index is 351. The van der Waals surface area contributed by atoms with Gasteiger partial charge in [-0.2, -0.15) is 0 Å². The fourth-order valence-corrected chi connectivity index (χ4v) is 2.06. The molecule has 4 N–H and O–H groups in total. The van der Waals surface area contributed by atoms with Gasteiger partial charge in [0.2, 0.25) is 11.8 Å². The van der Waals surface area contributed by atoms with Crippen molar-refractivity contribution in [3.63, 3.8) is 0 Å². The molecule has 0 aliphatic carbocycles. The molecule has 0 spiro atoms. The van der Waals surface area contributed by atoms with E-state index in [1.807, 2.05) is 0 Å². The number of carbonyl (C=O) groups excluding carboxylic acids is 2.